The minimum absolute atomic E-state index is 0.753. The molecule has 0 aromatic heterocycles. The minimum Gasteiger partial charge on any atom is -0.356 e. The fourth-order valence-electron chi connectivity index (χ4n) is 0.633. The van der Waals surface area contributed by atoms with E-state index >= 15 is 0 Å². The second kappa shape index (κ2) is 7.12. The number of hydrogen-bond donors (Lipinski definition) is 2. The van der Waals surface area contributed by atoms with Crippen molar-refractivity contribution in [3.63, 3.8) is 0 Å². The summed E-state index contributed by atoms with van der Waals surface area (Å²) in [7, 11) is 1.76. The van der Waals surface area contributed by atoms with Gasteiger partial charge in [0, 0.05) is 20.1 Å². The van der Waals surface area contributed by atoms with Crippen LogP contribution in [0.5, 0.6) is 0 Å². The zero-order chi connectivity index (χ0) is 8.53. The van der Waals surface area contributed by atoms with Gasteiger partial charge in [-0.05, 0) is 6.42 Å². The van der Waals surface area contributed by atoms with Crippen molar-refractivity contribution in [2.24, 2.45) is 4.99 Å². The van der Waals surface area contributed by atoms with E-state index in [0.717, 1.165) is 25.5 Å². The molecular weight excluding hydrogens is 138 g/mol. The van der Waals surface area contributed by atoms with Crippen molar-refractivity contribution in [2.45, 2.75) is 13.3 Å². The molecule has 3 heteroatoms. The van der Waals surface area contributed by atoms with Gasteiger partial charge < -0.3 is 10.6 Å². The fourth-order valence-corrected chi connectivity index (χ4v) is 0.633. The predicted octanol–water partition coefficient (Wildman–Crippen LogP) is 0.747. The van der Waals surface area contributed by atoms with E-state index in [1.54, 1.807) is 13.1 Å². The third-order valence-corrected chi connectivity index (χ3v) is 1.18. The summed E-state index contributed by atoms with van der Waals surface area (Å²) in [4.78, 5) is 4.01. The highest BCUT2D eigenvalue weighted by Gasteiger charge is 1.90. The molecule has 0 bridgehead atoms. The van der Waals surface area contributed by atoms with Crippen LogP contribution in [0, 0.1) is 0 Å². The van der Waals surface area contributed by atoms with Crippen LogP contribution in [0.2, 0.25) is 0 Å². The highest BCUT2D eigenvalue weighted by atomic mass is 15.2. The Morgan fingerprint density at radius 3 is 2.73 bits per heavy atom. The van der Waals surface area contributed by atoms with Gasteiger partial charge >= 0.3 is 0 Å². The third-order valence-electron chi connectivity index (χ3n) is 1.18. The van der Waals surface area contributed by atoms with Crippen molar-refractivity contribution < 1.29 is 0 Å². The van der Waals surface area contributed by atoms with Crippen molar-refractivity contribution in [3.05, 3.63) is 12.7 Å². The molecule has 0 aliphatic carbocycles. The Balaban J connectivity index is 3.50. The minimum atomic E-state index is 0.753. The van der Waals surface area contributed by atoms with Crippen molar-refractivity contribution in [1.82, 2.24) is 10.6 Å². The highest BCUT2D eigenvalue weighted by Crippen LogP contribution is 1.71. The summed E-state index contributed by atoms with van der Waals surface area (Å²) in [6.45, 7) is 7.43. The lowest BCUT2D eigenvalue weighted by Crippen LogP contribution is -2.37. The van der Waals surface area contributed by atoms with E-state index in [-0.39, 0.29) is 0 Å². The van der Waals surface area contributed by atoms with Crippen molar-refractivity contribution in [2.75, 3.05) is 20.1 Å². The number of hydrogen-bond acceptors (Lipinski definition) is 1. The second-order valence-electron chi connectivity index (χ2n) is 2.17. The Kier molecular flexibility index (Phi) is 6.48. The van der Waals surface area contributed by atoms with Crippen LogP contribution in [0.4, 0.5) is 0 Å². The topological polar surface area (TPSA) is 36.4 Å². The number of guanidine groups is 1. The Hall–Kier alpha value is -0.990. The molecule has 64 valence electrons. The predicted molar refractivity (Wildman–Crippen MR) is 49.9 cm³/mol. The molecule has 0 spiro atoms. The maximum atomic E-state index is 4.01. The monoisotopic (exact) mass is 155 g/mol. The first-order valence-electron chi connectivity index (χ1n) is 3.90. The van der Waals surface area contributed by atoms with E-state index in [9.17, 15) is 0 Å². The summed E-state index contributed by atoms with van der Waals surface area (Å²) < 4.78 is 0. The average molecular weight is 155 g/mol. The second-order valence-corrected chi connectivity index (χ2v) is 2.17. The normalized spacial score (nSPS) is 10.9. The third kappa shape index (κ3) is 5.45. The van der Waals surface area contributed by atoms with Gasteiger partial charge in [0.25, 0.3) is 0 Å². The van der Waals surface area contributed by atoms with E-state index in [2.05, 4.69) is 29.1 Å². The molecule has 0 saturated heterocycles. The van der Waals surface area contributed by atoms with Gasteiger partial charge in [-0.1, -0.05) is 13.0 Å². The van der Waals surface area contributed by atoms with Gasteiger partial charge in [0.15, 0.2) is 5.96 Å². The lowest BCUT2D eigenvalue weighted by molar-refractivity contribution is 0.803. The molecule has 0 fully saturated rings. The Morgan fingerprint density at radius 2 is 2.27 bits per heavy atom. The highest BCUT2D eigenvalue weighted by molar-refractivity contribution is 5.79. The molecule has 0 radical (unpaired) electrons. The van der Waals surface area contributed by atoms with Gasteiger partial charge in [-0.3, -0.25) is 4.99 Å². The molecule has 0 aliphatic rings. The summed E-state index contributed by atoms with van der Waals surface area (Å²) >= 11 is 0. The molecule has 0 amide bonds. The first-order chi connectivity index (χ1) is 5.35. The zero-order valence-corrected chi connectivity index (χ0v) is 7.35. The summed E-state index contributed by atoms with van der Waals surface area (Å²) in [5.74, 6) is 0.840. The molecule has 11 heavy (non-hydrogen) atoms. The molecule has 0 saturated carbocycles. The Morgan fingerprint density at radius 1 is 1.55 bits per heavy atom. The summed E-state index contributed by atoms with van der Waals surface area (Å²) in [5.41, 5.74) is 0. The standard InChI is InChI=1S/C8H17N3/c1-4-6-10-8(9-3)11-7-5-2/h4H,1,5-7H2,2-3H3,(H2,9,10,11). The fraction of sp³-hybridized carbons (Fsp3) is 0.625. The summed E-state index contributed by atoms with van der Waals surface area (Å²) in [6.07, 6.45) is 2.91. The summed E-state index contributed by atoms with van der Waals surface area (Å²) in [5, 5.41) is 6.22. The van der Waals surface area contributed by atoms with Crippen LogP contribution in [0.3, 0.4) is 0 Å². The largest absolute Gasteiger partial charge is 0.356 e. The molecule has 0 aromatic carbocycles. The molecule has 0 aromatic rings. The number of nitrogens with zero attached hydrogens (tertiary/aromatic N) is 1. The van der Waals surface area contributed by atoms with E-state index in [1.165, 1.54) is 0 Å². The van der Waals surface area contributed by atoms with Gasteiger partial charge in [0.05, 0.1) is 0 Å². The number of nitrogens with one attached hydrogen (secondary N) is 2. The maximum absolute atomic E-state index is 4.01. The lowest BCUT2D eigenvalue weighted by Gasteiger charge is -2.08. The van der Waals surface area contributed by atoms with Crippen LogP contribution in [0.25, 0.3) is 0 Å². The smallest absolute Gasteiger partial charge is 0.191 e. The van der Waals surface area contributed by atoms with Crippen LogP contribution >= 0.6 is 0 Å². The van der Waals surface area contributed by atoms with Gasteiger partial charge in [0.2, 0.25) is 0 Å². The average Bonchev–Trinajstić information content (AvgIpc) is 2.05. The van der Waals surface area contributed by atoms with Gasteiger partial charge in [0.1, 0.15) is 0 Å². The molecular formula is C8H17N3. The first-order valence-corrected chi connectivity index (χ1v) is 3.90. The quantitative estimate of drug-likeness (QED) is 0.357. The van der Waals surface area contributed by atoms with Crippen LogP contribution in [0.15, 0.2) is 17.6 Å². The Labute approximate surface area is 68.6 Å². The lowest BCUT2D eigenvalue weighted by atomic mass is 10.5. The van der Waals surface area contributed by atoms with Crippen LogP contribution in [-0.2, 0) is 0 Å². The first kappa shape index (κ1) is 10.0. The molecule has 0 heterocycles. The number of aliphatic imine (C=N–C) groups is 1. The Bertz CT molecular complexity index is 129. The SMILES string of the molecule is C=CCNC(=NC)NCCC. The molecule has 0 atom stereocenters. The van der Waals surface area contributed by atoms with E-state index in [4.69, 9.17) is 0 Å². The van der Waals surface area contributed by atoms with Gasteiger partial charge in [-0.15, -0.1) is 6.58 Å². The van der Waals surface area contributed by atoms with Crippen molar-refractivity contribution in [3.8, 4) is 0 Å². The summed E-state index contributed by atoms with van der Waals surface area (Å²) in [6, 6.07) is 0. The van der Waals surface area contributed by atoms with E-state index < -0.39 is 0 Å². The molecule has 0 aliphatic heterocycles. The number of rotatable bonds is 4. The zero-order valence-electron chi connectivity index (χ0n) is 7.35. The molecule has 0 rings (SSSR count). The van der Waals surface area contributed by atoms with Crippen LogP contribution in [-0.4, -0.2) is 26.1 Å². The maximum Gasteiger partial charge on any atom is 0.191 e. The van der Waals surface area contributed by atoms with E-state index in [1.807, 2.05) is 0 Å². The van der Waals surface area contributed by atoms with Crippen molar-refractivity contribution >= 4 is 5.96 Å². The van der Waals surface area contributed by atoms with E-state index in [0.29, 0.717) is 0 Å². The molecule has 0 unspecified atom stereocenters. The van der Waals surface area contributed by atoms with Crippen LogP contribution < -0.4 is 10.6 Å². The van der Waals surface area contributed by atoms with Gasteiger partial charge in [-0.2, -0.15) is 0 Å². The van der Waals surface area contributed by atoms with Gasteiger partial charge in [-0.25, -0.2) is 0 Å². The van der Waals surface area contributed by atoms with Crippen molar-refractivity contribution in [1.29, 1.82) is 0 Å². The molecule has 3 nitrogen and oxygen atoms in total. The van der Waals surface area contributed by atoms with Crippen LogP contribution in [0.1, 0.15) is 13.3 Å². The molecule has 2 N–H and O–H groups in total.